The first-order valence-electron chi connectivity index (χ1n) is 4.35. The number of carbonyl (C=O) groups is 2. The van der Waals surface area contributed by atoms with Crippen molar-refractivity contribution in [3.63, 3.8) is 0 Å². The molecule has 0 saturated heterocycles. The fraction of sp³-hybridized carbons (Fsp3) is 0.600. The second-order valence-corrected chi connectivity index (χ2v) is 3.95. The van der Waals surface area contributed by atoms with Gasteiger partial charge in [0.1, 0.15) is 5.76 Å². The summed E-state index contributed by atoms with van der Waals surface area (Å²) in [5.74, 6) is 0.167. The highest BCUT2D eigenvalue weighted by atomic mass is 16.5. The van der Waals surface area contributed by atoms with E-state index in [1.165, 1.54) is 13.0 Å². The molecule has 0 bridgehead atoms. The zero-order valence-corrected chi connectivity index (χ0v) is 8.22. The van der Waals surface area contributed by atoms with Gasteiger partial charge in [0, 0.05) is 24.8 Å². The van der Waals surface area contributed by atoms with Crippen molar-refractivity contribution < 1.29 is 14.3 Å². The normalized spacial score (nSPS) is 20.8. The number of hydrogen-bond acceptors (Lipinski definition) is 3. The molecule has 0 spiro atoms. The zero-order valence-electron chi connectivity index (χ0n) is 8.22. The van der Waals surface area contributed by atoms with Crippen molar-refractivity contribution in [1.82, 2.24) is 0 Å². The minimum absolute atomic E-state index is 0.0376. The molecule has 0 aromatic rings. The van der Waals surface area contributed by atoms with Gasteiger partial charge in [0.2, 0.25) is 0 Å². The lowest BCUT2D eigenvalue weighted by Crippen LogP contribution is -2.24. The molecule has 0 saturated carbocycles. The van der Waals surface area contributed by atoms with Gasteiger partial charge in [-0.15, -0.1) is 0 Å². The third-order valence-electron chi connectivity index (χ3n) is 2.21. The predicted molar refractivity (Wildman–Crippen MR) is 47.9 cm³/mol. The quantitative estimate of drug-likeness (QED) is 0.581. The Bertz CT molecular complexity index is 274. The Hall–Kier alpha value is -1.12. The second kappa shape index (κ2) is 3.32. The van der Waals surface area contributed by atoms with E-state index in [-0.39, 0.29) is 17.2 Å². The number of ketones is 1. The molecule has 0 fully saturated rings. The molecule has 0 aromatic heterocycles. The Balaban J connectivity index is 2.87. The van der Waals surface area contributed by atoms with E-state index in [2.05, 4.69) is 0 Å². The van der Waals surface area contributed by atoms with Gasteiger partial charge < -0.3 is 4.74 Å². The molecule has 1 rings (SSSR count). The maximum atomic E-state index is 11.1. The van der Waals surface area contributed by atoms with Crippen LogP contribution >= 0.6 is 0 Å². The van der Waals surface area contributed by atoms with Gasteiger partial charge in [0.05, 0.1) is 0 Å². The van der Waals surface area contributed by atoms with Gasteiger partial charge in [-0.2, -0.15) is 0 Å². The lowest BCUT2D eigenvalue weighted by Gasteiger charge is -2.29. The first kappa shape index (κ1) is 9.96. The van der Waals surface area contributed by atoms with E-state index in [0.717, 1.165) is 6.42 Å². The van der Waals surface area contributed by atoms with Crippen molar-refractivity contribution in [1.29, 1.82) is 0 Å². The first-order valence-corrected chi connectivity index (χ1v) is 4.35. The SMILES string of the molecule is CC(=O)OC1=CC(=O)CCC1(C)C. The third kappa shape index (κ3) is 2.41. The maximum Gasteiger partial charge on any atom is 0.307 e. The monoisotopic (exact) mass is 182 g/mol. The molecule has 0 aliphatic heterocycles. The van der Waals surface area contributed by atoms with Gasteiger partial charge in [0.25, 0.3) is 0 Å². The molecule has 0 unspecified atom stereocenters. The second-order valence-electron chi connectivity index (χ2n) is 3.95. The van der Waals surface area contributed by atoms with Crippen molar-refractivity contribution in [2.75, 3.05) is 0 Å². The summed E-state index contributed by atoms with van der Waals surface area (Å²) in [6.07, 6.45) is 2.72. The van der Waals surface area contributed by atoms with Gasteiger partial charge in [-0.3, -0.25) is 9.59 Å². The molecular formula is C10H14O3. The lowest BCUT2D eigenvalue weighted by molar-refractivity contribution is -0.139. The average molecular weight is 182 g/mol. The molecule has 13 heavy (non-hydrogen) atoms. The van der Waals surface area contributed by atoms with Crippen molar-refractivity contribution in [3.05, 3.63) is 11.8 Å². The topological polar surface area (TPSA) is 43.4 Å². The van der Waals surface area contributed by atoms with E-state index in [4.69, 9.17) is 4.74 Å². The highest BCUT2D eigenvalue weighted by Gasteiger charge is 2.31. The van der Waals surface area contributed by atoms with Gasteiger partial charge in [-0.05, 0) is 6.42 Å². The number of rotatable bonds is 1. The third-order valence-corrected chi connectivity index (χ3v) is 2.21. The molecule has 72 valence electrons. The molecule has 0 amide bonds. The summed E-state index contributed by atoms with van der Waals surface area (Å²) in [6.45, 7) is 5.28. The van der Waals surface area contributed by atoms with Crippen molar-refractivity contribution >= 4 is 11.8 Å². The molecule has 0 N–H and O–H groups in total. The fourth-order valence-corrected chi connectivity index (χ4v) is 1.30. The van der Waals surface area contributed by atoms with Crippen molar-refractivity contribution in [3.8, 4) is 0 Å². The van der Waals surface area contributed by atoms with Crippen LogP contribution < -0.4 is 0 Å². The molecule has 1 aliphatic carbocycles. The Kier molecular flexibility index (Phi) is 2.55. The molecule has 0 atom stereocenters. The molecule has 0 heterocycles. The molecular weight excluding hydrogens is 168 g/mol. The van der Waals surface area contributed by atoms with Crippen LogP contribution in [-0.2, 0) is 14.3 Å². The van der Waals surface area contributed by atoms with Crippen LogP contribution in [0, 0.1) is 5.41 Å². The summed E-state index contributed by atoms with van der Waals surface area (Å²) in [7, 11) is 0. The number of esters is 1. The van der Waals surface area contributed by atoms with Crippen LogP contribution in [0.1, 0.15) is 33.6 Å². The van der Waals surface area contributed by atoms with Crippen LogP contribution in [-0.4, -0.2) is 11.8 Å². The van der Waals surface area contributed by atoms with Crippen LogP contribution in [0.5, 0.6) is 0 Å². The smallest absolute Gasteiger partial charge is 0.307 e. The van der Waals surface area contributed by atoms with E-state index < -0.39 is 0 Å². The summed E-state index contributed by atoms with van der Waals surface area (Å²) in [4.78, 5) is 21.8. The zero-order chi connectivity index (χ0) is 10.1. The molecule has 0 radical (unpaired) electrons. The largest absolute Gasteiger partial charge is 0.431 e. The minimum Gasteiger partial charge on any atom is -0.431 e. The van der Waals surface area contributed by atoms with Gasteiger partial charge in [-0.25, -0.2) is 0 Å². The maximum absolute atomic E-state index is 11.1. The highest BCUT2D eigenvalue weighted by molar-refractivity contribution is 5.91. The number of hydrogen-bond donors (Lipinski definition) is 0. The van der Waals surface area contributed by atoms with E-state index in [9.17, 15) is 9.59 Å². The van der Waals surface area contributed by atoms with Gasteiger partial charge >= 0.3 is 5.97 Å². The average Bonchev–Trinajstić information content (AvgIpc) is 1.97. The van der Waals surface area contributed by atoms with Crippen LogP contribution in [0.15, 0.2) is 11.8 Å². The summed E-state index contributed by atoms with van der Waals surface area (Å²) in [5, 5.41) is 0. The van der Waals surface area contributed by atoms with E-state index >= 15 is 0 Å². The first-order chi connectivity index (χ1) is 5.92. The van der Waals surface area contributed by atoms with E-state index in [0.29, 0.717) is 12.2 Å². The minimum atomic E-state index is -0.367. The Labute approximate surface area is 77.8 Å². The predicted octanol–water partition coefficient (Wildman–Crippen LogP) is 1.82. The van der Waals surface area contributed by atoms with Crippen LogP contribution in [0.25, 0.3) is 0 Å². The molecule has 0 aromatic carbocycles. The van der Waals surface area contributed by atoms with Crippen LogP contribution in [0.2, 0.25) is 0 Å². The van der Waals surface area contributed by atoms with Crippen LogP contribution in [0.4, 0.5) is 0 Å². The van der Waals surface area contributed by atoms with Crippen molar-refractivity contribution in [2.24, 2.45) is 5.41 Å². The summed E-state index contributed by atoms with van der Waals surface area (Å²) in [5.41, 5.74) is -0.195. The van der Waals surface area contributed by atoms with Gasteiger partial charge in [0.15, 0.2) is 5.78 Å². The van der Waals surface area contributed by atoms with E-state index in [1.807, 2.05) is 13.8 Å². The Morgan fingerprint density at radius 2 is 2.15 bits per heavy atom. The standard InChI is InChI=1S/C10H14O3/c1-7(11)13-9-6-8(12)4-5-10(9,2)3/h6H,4-5H2,1-3H3. The molecule has 3 nitrogen and oxygen atoms in total. The highest BCUT2D eigenvalue weighted by Crippen LogP contribution is 2.35. The van der Waals surface area contributed by atoms with Gasteiger partial charge in [-0.1, -0.05) is 13.8 Å². The summed E-state index contributed by atoms with van der Waals surface area (Å²) < 4.78 is 4.98. The molecule has 3 heteroatoms. The van der Waals surface area contributed by atoms with Crippen molar-refractivity contribution in [2.45, 2.75) is 33.6 Å². The number of allylic oxidation sites excluding steroid dienone is 2. The van der Waals surface area contributed by atoms with E-state index in [1.54, 1.807) is 0 Å². The lowest BCUT2D eigenvalue weighted by atomic mass is 9.80. The van der Waals surface area contributed by atoms with Crippen LogP contribution in [0.3, 0.4) is 0 Å². The fourth-order valence-electron chi connectivity index (χ4n) is 1.30. The molecule has 1 aliphatic rings. The Morgan fingerprint density at radius 1 is 1.54 bits per heavy atom. The Morgan fingerprint density at radius 3 is 2.69 bits per heavy atom. The summed E-state index contributed by atoms with van der Waals surface area (Å²) in [6, 6.07) is 0. The summed E-state index contributed by atoms with van der Waals surface area (Å²) >= 11 is 0. The number of ether oxygens (including phenoxy) is 1. The number of carbonyl (C=O) groups excluding carboxylic acids is 2.